The van der Waals surface area contributed by atoms with Gasteiger partial charge in [0.15, 0.2) is 0 Å². The van der Waals surface area contributed by atoms with Gasteiger partial charge in [0.25, 0.3) is 0 Å². The van der Waals surface area contributed by atoms with Crippen molar-refractivity contribution in [3.63, 3.8) is 0 Å². The van der Waals surface area contributed by atoms with Gasteiger partial charge in [-0.1, -0.05) is 91.0 Å². The molecule has 7 nitrogen and oxygen atoms in total. The van der Waals surface area contributed by atoms with Gasteiger partial charge in [-0.25, -0.2) is 4.90 Å². The summed E-state index contributed by atoms with van der Waals surface area (Å²) < 4.78 is 0. The second-order valence-corrected chi connectivity index (χ2v) is 11.6. The Bertz CT molecular complexity index is 1540. The monoisotopic (exact) mass is 545 g/mol. The van der Waals surface area contributed by atoms with Crippen LogP contribution in [-0.4, -0.2) is 58.1 Å². The second kappa shape index (κ2) is 9.84. The van der Waals surface area contributed by atoms with Crippen molar-refractivity contribution in [2.75, 3.05) is 18.0 Å². The third-order valence-electron chi connectivity index (χ3n) is 9.01. The summed E-state index contributed by atoms with van der Waals surface area (Å²) in [5.41, 5.74) is 0.732. The first kappa shape index (κ1) is 25.4. The molecule has 3 aromatic rings. The number of para-hydroxylation sites is 1. The van der Waals surface area contributed by atoms with Gasteiger partial charge in [0.1, 0.15) is 5.54 Å². The summed E-state index contributed by atoms with van der Waals surface area (Å²) in [6.45, 7) is 0.465. The molecule has 1 aliphatic carbocycles. The van der Waals surface area contributed by atoms with Gasteiger partial charge in [-0.05, 0) is 42.0 Å². The van der Waals surface area contributed by atoms with Crippen molar-refractivity contribution in [3.8, 4) is 0 Å². The molecule has 3 saturated heterocycles. The zero-order valence-corrected chi connectivity index (χ0v) is 22.6. The molecule has 3 unspecified atom stereocenters. The van der Waals surface area contributed by atoms with Crippen LogP contribution >= 0.6 is 0 Å². The molecule has 0 bridgehead atoms. The number of carbonyl (C=O) groups excluding carboxylic acids is 4. The Balaban J connectivity index is 1.41. The van der Waals surface area contributed by atoms with E-state index in [0.29, 0.717) is 18.2 Å². The van der Waals surface area contributed by atoms with E-state index in [1.165, 1.54) is 4.90 Å². The highest BCUT2D eigenvalue weighted by molar-refractivity contribution is 6.25. The Morgan fingerprint density at radius 3 is 2.07 bits per heavy atom. The van der Waals surface area contributed by atoms with Gasteiger partial charge in [-0.15, -0.1) is 0 Å². The molecule has 0 radical (unpaired) electrons. The zero-order valence-electron chi connectivity index (χ0n) is 22.6. The van der Waals surface area contributed by atoms with E-state index in [4.69, 9.17) is 0 Å². The molecule has 3 aromatic carbocycles. The molecule has 3 heterocycles. The fourth-order valence-electron chi connectivity index (χ4n) is 7.07. The zero-order chi connectivity index (χ0) is 28.1. The molecule has 3 aliphatic heterocycles. The van der Waals surface area contributed by atoms with Gasteiger partial charge in [-0.3, -0.25) is 19.2 Å². The lowest BCUT2D eigenvalue weighted by Gasteiger charge is -2.49. The van der Waals surface area contributed by atoms with Crippen LogP contribution in [0.4, 0.5) is 5.69 Å². The van der Waals surface area contributed by atoms with Crippen LogP contribution in [0.5, 0.6) is 0 Å². The SMILES string of the molecule is O=C1C2C(C=Cc3ccccc3)N3C(=O)CN(CC4CC4)C(=O)[C@@]3(Cc3ccccc3)C2C(=O)N1c1ccccc1. The molecule has 41 heavy (non-hydrogen) atoms. The fourth-order valence-corrected chi connectivity index (χ4v) is 7.07. The molecule has 1 saturated carbocycles. The minimum atomic E-state index is -1.50. The largest absolute Gasteiger partial charge is 0.331 e. The number of hydrogen-bond acceptors (Lipinski definition) is 4. The predicted molar refractivity (Wildman–Crippen MR) is 154 cm³/mol. The number of piperazine rings is 1. The molecule has 206 valence electrons. The summed E-state index contributed by atoms with van der Waals surface area (Å²) in [6.07, 6.45) is 5.96. The van der Waals surface area contributed by atoms with Crippen molar-refractivity contribution >= 4 is 35.4 Å². The number of carbonyl (C=O) groups is 4. The minimum Gasteiger partial charge on any atom is -0.331 e. The average Bonchev–Trinajstić information content (AvgIpc) is 3.70. The number of imide groups is 1. The summed E-state index contributed by atoms with van der Waals surface area (Å²) in [6, 6.07) is 27.3. The third-order valence-corrected chi connectivity index (χ3v) is 9.01. The molecule has 0 N–H and O–H groups in total. The van der Waals surface area contributed by atoms with E-state index in [1.807, 2.05) is 78.9 Å². The number of fused-ring (bicyclic) bond motifs is 3. The predicted octanol–water partition coefficient (Wildman–Crippen LogP) is 3.95. The summed E-state index contributed by atoms with van der Waals surface area (Å²) in [5, 5.41) is 0. The van der Waals surface area contributed by atoms with Crippen molar-refractivity contribution in [2.24, 2.45) is 17.8 Å². The first-order valence-electron chi connectivity index (χ1n) is 14.3. The summed E-state index contributed by atoms with van der Waals surface area (Å²) in [7, 11) is 0. The lowest BCUT2D eigenvalue weighted by Crippen LogP contribution is -2.71. The highest BCUT2D eigenvalue weighted by Gasteiger charge is 2.74. The van der Waals surface area contributed by atoms with E-state index < -0.39 is 29.3 Å². The van der Waals surface area contributed by atoms with E-state index in [-0.39, 0.29) is 30.7 Å². The van der Waals surface area contributed by atoms with Crippen molar-refractivity contribution in [3.05, 3.63) is 108 Å². The maximum atomic E-state index is 14.7. The van der Waals surface area contributed by atoms with Gasteiger partial charge in [-0.2, -0.15) is 0 Å². The van der Waals surface area contributed by atoms with Crippen molar-refractivity contribution in [2.45, 2.75) is 30.8 Å². The van der Waals surface area contributed by atoms with Crippen molar-refractivity contribution in [1.29, 1.82) is 0 Å². The van der Waals surface area contributed by atoms with Crippen molar-refractivity contribution < 1.29 is 19.2 Å². The van der Waals surface area contributed by atoms with Crippen LogP contribution in [0, 0.1) is 17.8 Å². The normalized spacial score (nSPS) is 27.6. The van der Waals surface area contributed by atoms with E-state index in [2.05, 4.69) is 0 Å². The van der Waals surface area contributed by atoms with Gasteiger partial charge in [0.2, 0.25) is 23.6 Å². The Morgan fingerprint density at radius 2 is 1.41 bits per heavy atom. The number of hydrogen-bond donors (Lipinski definition) is 0. The van der Waals surface area contributed by atoms with Gasteiger partial charge in [0, 0.05) is 13.0 Å². The topological polar surface area (TPSA) is 78.0 Å². The highest BCUT2D eigenvalue weighted by atomic mass is 16.2. The van der Waals surface area contributed by atoms with Crippen LogP contribution < -0.4 is 4.90 Å². The fraction of sp³-hybridized carbons (Fsp3) is 0.294. The number of anilines is 1. The molecular weight excluding hydrogens is 514 g/mol. The third kappa shape index (κ3) is 4.10. The van der Waals surface area contributed by atoms with Crippen LogP contribution in [0.1, 0.15) is 24.0 Å². The molecule has 4 aliphatic rings. The molecule has 7 rings (SSSR count). The van der Waals surface area contributed by atoms with Crippen molar-refractivity contribution in [1.82, 2.24) is 9.80 Å². The van der Waals surface area contributed by atoms with Gasteiger partial charge < -0.3 is 9.80 Å². The number of amides is 4. The summed E-state index contributed by atoms with van der Waals surface area (Å²) in [4.78, 5) is 62.0. The smallest absolute Gasteiger partial charge is 0.250 e. The standard InChI is InChI=1S/C34H31N3O4/c38-28-22-35(21-25-16-17-25)33(41)34(20-24-12-6-2-7-13-24)30-29(27(37(28)34)19-18-23-10-4-1-5-11-23)31(39)36(32(30)40)26-14-8-3-9-15-26/h1-15,18-19,25,27,29-30H,16-17,20-22H2/t27?,29?,30?,34-/m1/s1. The maximum Gasteiger partial charge on any atom is 0.250 e. The van der Waals surface area contributed by atoms with Crippen LogP contribution in [0.25, 0.3) is 6.08 Å². The number of nitrogens with zero attached hydrogens (tertiary/aromatic N) is 3. The van der Waals surface area contributed by atoms with E-state index in [1.54, 1.807) is 34.1 Å². The number of benzene rings is 3. The maximum absolute atomic E-state index is 14.7. The molecular formula is C34H31N3O4. The van der Waals surface area contributed by atoms with Crippen LogP contribution in [0.15, 0.2) is 97.1 Å². The minimum absolute atomic E-state index is 0.0359. The molecule has 4 amide bonds. The lowest BCUT2D eigenvalue weighted by molar-refractivity contribution is -0.166. The van der Waals surface area contributed by atoms with Gasteiger partial charge in [0.05, 0.1) is 30.1 Å². The first-order chi connectivity index (χ1) is 20.0. The number of rotatable bonds is 7. The summed E-state index contributed by atoms with van der Waals surface area (Å²) in [5.74, 6) is -2.74. The Labute approximate surface area is 239 Å². The molecule has 7 heteroatoms. The Morgan fingerprint density at radius 1 is 0.780 bits per heavy atom. The van der Waals surface area contributed by atoms with Crippen LogP contribution in [0.3, 0.4) is 0 Å². The van der Waals surface area contributed by atoms with Crippen LogP contribution in [0.2, 0.25) is 0 Å². The van der Waals surface area contributed by atoms with Gasteiger partial charge >= 0.3 is 0 Å². The highest BCUT2D eigenvalue weighted by Crippen LogP contribution is 2.54. The molecule has 0 spiro atoms. The second-order valence-electron chi connectivity index (χ2n) is 11.6. The van der Waals surface area contributed by atoms with E-state index >= 15 is 0 Å². The Hall–Kier alpha value is -4.52. The Kier molecular flexibility index (Phi) is 6.11. The average molecular weight is 546 g/mol. The molecule has 0 aromatic heterocycles. The lowest BCUT2D eigenvalue weighted by atomic mass is 9.74. The van der Waals surface area contributed by atoms with E-state index in [0.717, 1.165) is 24.0 Å². The molecule has 4 atom stereocenters. The summed E-state index contributed by atoms with van der Waals surface area (Å²) >= 11 is 0. The van der Waals surface area contributed by atoms with Crippen LogP contribution in [-0.2, 0) is 25.6 Å². The first-order valence-corrected chi connectivity index (χ1v) is 14.3. The van der Waals surface area contributed by atoms with E-state index in [9.17, 15) is 19.2 Å². The quantitative estimate of drug-likeness (QED) is 0.422. The molecule has 4 fully saturated rings.